The first kappa shape index (κ1) is 21.2. The van der Waals surface area contributed by atoms with Crippen molar-refractivity contribution < 1.29 is 17.9 Å². The number of anilines is 1. The lowest BCUT2D eigenvalue weighted by molar-refractivity contribution is 0.0756. The fourth-order valence-corrected chi connectivity index (χ4v) is 4.44. The van der Waals surface area contributed by atoms with E-state index in [-0.39, 0.29) is 16.6 Å². The molecule has 3 rings (SSSR count). The molecule has 0 unspecified atom stereocenters. The number of carbonyl (C=O) groups excluding carboxylic acids is 1. The zero-order chi connectivity index (χ0) is 21.0. The van der Waals surface area contributed by atoms with E-state index in [9.17, 15) is 13.2 Å². The molecule has 1 fully saturated rings. The highest BCUT2D eigenvalue weighted by Gasteiger charge is 2.28. The van der Waals surface area contributed by atoms with Crippen LogP contribution in [0.2, 0.25) is 0 Å². The van der Waals surface area contributed by atoms with Crippen LogP contribution in [0.3, 0.4) is 0 Å². The molecule has 0 aromatic heterocycles. The van der Waals surface area contributed by atoms with Crippen LogP contribution < -0.4 is 9.46 Å². The molecule has 7 heteroatoms. The lowest BCUT2D eigenvalue weighted by Gasteiger charge is -2.21. The molecule has 156 valence electrons. The Morgan fingerprint density at radius 3 is 2.38 bits per heavy atom. The van der Waals surface area contributed by atoms with Crippen molar-refractivity contribution in [1.82, 2.24) is 4.90 Å². The Kier molecular flexibility index (Phi) is 6.47. The van der Waals surface area contributed by atoms with Crippen LogP contribution >= 0.6 is 0 Å². The van der Waals surface area contributed by atoms with E-state index in [1.54, 1.807) is 23.1 Å². The van der Waals surface area contributed by atoms with Crippen molar-refractivity contribution in [3.63, 3.8) is 0 Å². The summed E-state index contributed by atoms with van der Waals surface area (Å²) in [6, 6.07) is 11.8. The topological polar surface area (TPSA) is 75.7 Å². The standard InChI is InChI=1S/C22H28N2O4S/c1-4-16-8-11-19(12-9-16)23-29(26,27)21-14-18(10-13-20(21)28-3)22(25)24(5-2)15-17-6-7-17/h8-14,17,23H,4-7,15H2,1-3H3. The summed E-state index contributed by atoms with van der Waals surface area (Å²) in [6.07, 6.45) is 3.17. The van der Waals surface area contributed by atoms with Crippen LogP contribution in [0.5, 0.6) is 5.75 Å². The molecule has 0 atom stereocenters. The molecule has 0 spiro atoms. The highest BCUT2D eigenvalue weighted by Crippen LogP contribution is 2.31. The average Bonchev–Trinajstić information content (AvgIpc) is 3.55. The molecule has 29 heavy (non-hydrogen) atoms. The highest BCUT2D eigenvalue weighted by atomic mass is 32.2. The molecule has 1 saturated carbocycles. The number of amides is 1. The van der Waals surface area contributed by atoms with E-state index in [0.717, 1.165) is 24.8 Å². The molecule has 0 aliphatic heterocycles. The first-order valence-corrected chi connectivity index (χ1v) is 11.4. The molecule has 1 aliphatic carbocycles. The number of nitrogens with one attached hydrogen (secondary N) is 1. The molecule has 2 aromatic carbocycles. The maximum atomic E-state index is 13.0. The maximum Gasteiger partial charge on any atom is 0.265 e. The van der Waals surface area contributed by atoms with Gasteiger partial charge in [-0.1, -0.05) is 19.1 Å². The van der Waals surface area contributed by atoms with E-state index >= 15 is 0 Å². The van der Waals surface area contributed by atoms with E-state index in [4.69, 9.17) is 4.74 Å². The lowest BCUT2D eigenvalue weighted by Crippen LogP contribution is -2.32. The van der Waals surface area contributed by atoms with Crippen LogP contribution in [0.25, 0.3) is 0 Å². The zero-order valence-corrected chi connectivity index (χ0v) is 18.0. The second-order valence-corrected chi connectivity index (χ2v) is 8.96. The van der Waals surface area contributed by atoms with Crippen LogP contribution in [-0.2, 0) is 16.4 Å². The first-order valence-electron chi connectivity index (χ1n) is 9.97. The summed E-state index contributed by atoms with van der Waals surface area (Å²) in [7, 11) is -2.51. The lowest BCUT2D eigenvalue weighted by atomic mass is 10.2. The van der Waals surface area contributed by atoms with Gasteiger partial charge in [-0.05, 0) is 68.0 Å². The molecule has 0 radical (unpaired) electrons. The summed E-state index contributed by atoms with van der Waals surface area (Å²) >= 11 is 0. The molecular weight excluding hydrogens is 388 g/mol. The van der Waals surface area contributed by atoms with Crippen molar-refractivity contribution in [2.75, 3.05) is 24.9 Å². The van der Waals surface area contributed by atoms with Gasteiger partial charge < -0.3 is 9.64 Å². The second-order valence-electron chi connectivity index (χ2n) is 7.31. The molecule has 0 saturated heterocycles. The van der Waals surface area contributed by atoms with Crippen molar-refractivity contribution >= 4 is 21.6 Å². The van der Waals surface area contributed by atoms with Crippen LogP contribution in [0.1, 0.15) is 42.6 Å². The third kappa shape index (κ3) is 5.09. The van der Waals surface area contributed by atoms with E-state index in [1.165, 1.54) is 19.2 Å². The van der Waals surface area contributed by atoms with Gasteiger partial charge in [-0.2, -0.15) is 0 Å². The Bertz CT molecular complexity index is 967. The Morgan fingerprint density at radius 2 is 1.83 bits per heavy atom. The number of hydrogen-bond donors (Lipinski definition) is 1. The van der Waals surface area contributed by atoms with Crippen LogP contribution in [0.15, 0.2) is 47.4 Å². The number of nitrogens with zero attached hydrogens (tertiary/aromatic N) is 1. The quantitative estimate of drug-likeness (QED) is 0.672. The molecule has 1 N–H and O–H groups in total. The van der Waals surface area contributed by atoms with Gasteiger partial charge in [0.2, 0.25) is 0 Å². The van der Waals surface area contributed by atoms with E-state index in [1.807, 2.05) is 26.0 Å². The predicted octanol–water partition coefficient (Wildman–Crippen LogP) is 3.93. The highest BCUT2D eigenvalue weighted by molar-refractivity contribution is 7.92. The van der Waals surface area contributed by atoms with Crippen LogP contribution in [0.4, 0.5) is 5.69 Å². The normalized spacial score (nSPS) is 13.8. The van der Waals surface area contributed by atoms with Gasteiger partial charge in [0.25, 0.3) is 15.9 Å². The van der Waals surface area contributed by atoms with Gasteiger partial charge in [0, 0.05) is 24.3 Å². The summed E-state index contributed by atoms with van der Waals surface area (Å²) in [4.78, 5) is 14.6. The van der Waals surface area contributed by atoms with Crippen molar-refractivity contribution in [1.29, 1.82) is 0 Å². The van der Waals surface area contributed by atoms with Gasteiger partial charge in [0.1, 0.15) is 10.6 Å². The summed E-state index contributed by atoms with van der Waals surface area (Å²) in [5.41, 5.74) is 1.92. The fourth-order valence-electron chi connectivity index (χ4n) is 3.19. The SMILES string of the molecule is CCc1ccc(NS(=O)(=O)c2cc(C(=O)N(CC)CC3CC3)ccc2OC)cc1. The van der Waals surface area contributed by atoms with E-state index in [0.29, 0.717) is 30.3 Å². The monoisotopic (exact) mass is 416 g/mol. The minimum Gasteiger partial charge on any atom is -0.495 e. The number of ether oxygens (including phenoxy) is 1. The van der Waals surface area contributed by atoms with Crippen molar-refractivity contribution in [3.8, 4) is 5.75 Å². The smallest absolute Gasteiger partial charge is 0.265 e. The van der Waals surface area contributed by atoms with Crippen molar-refractivity contribution in [2.24, 2.45) is 5.92 Å². The Labute approximate surface area is 172 Å². The number of methoxy groups -OCH3 is 1. The third-order valence-electron chi connectivity index (χ3n) is 5.16. The van der Waals surface area contributed by atoms with Gasteiger partial charge in [0.05, 0.1) is 7.11 Å². The van der Waals surface area contributed by atoms with E-state index in [2.05, 4.69) is 4.72 Å². The number of sulfonamides is 1. The molecule has 0 heterocycles. The van der Waals surface area contributed by atoms with Gasteiger partial charge in [0.15, 0.2) is 0 Å². The molecular formula is C22H28N2O4S. The largest absolute Gasteiger partial charge is 0.495 e. The van der Waals surface area contributed by atoms with Crippen LogP contribution in [0, 0.1) is 5.92 Å². The Hall–Kier alpha value is -2.54. The van der Waals surface area contributed by atoms with Crippen LogP contribution in [-0.4, -0.2) is 39.4 Å². The number of hydrogen-bond acceptors (Lipinski definition) is 4. The number of aryl methyl sites for hydroxylation is 1. The van der Waals surface area contributed by atoms with Gasteiger partial charge in [-0.3, -0.25) is 9.52 Å². The van der Waals surface area contributed by atoms with Gasteiger partial charge in [-0.25, -0.2) is 8.42 Å². The van der Waals surface area contributed by atoms with E-state index < -0.39 is 10.0 Å². The third-order valence-corrected chi connectivity index (χ3v) is 6.56. The Balaban J connectivity index is 1.89. The molecule has 2 aromatic rings. The fraction of sp³-hybridized carbons (Fsp3) is 0.409. The molecule has 0 bridgehead atoms. The Morgan fingerprint density at radius 1 is 1.14 bits per heavy atom. The summed E-state index contributed by atoms with van der Waals surface area (Å²) in [5, 5.41) is 0. The maximum absolute atomic E-state index is 13.0. The van der Waals surface area contributed by atoms with Gasteiger partial charge >= 0.3 is 0 Å². The van der Waals surface area contributed by atoms with Gasteiger partial charge in [-0.15, -0.1) is 0 Å². The minimum atomic E-state index is -3.92. The van der Waals surface area contributed by atoms with Crippen molar-refractivity contribution in [2.45, 2.75) is 38.0 Å². The number of rotatable bonds is 9. The predicted molar refractivity (Wildman–Crippen MR) is 114 cm³/mol. The molecule has 1 aliphatic rings. The summed E-state index contributed by atoms with van der Waals surface area (Å²) in [5.74, 6) is 0.600. The number of benzene rings is 2. The zero-order valence-electron chi connectivity index (χ0n) is 17.1. The summed E-state index contributed by atoms with van der Waals surface area (Å²) in [6.45, 7) is 5.27. The molecule has 1 amide bonds. The summed E-state index contributed by atoms with van der Waals surface area (Å²) < 4.78 is 33.9. The minimum absolute atomic E-state index is 0.0482. The average molecular weight is 417 g/mol. The molecule has 6 nitrogen and oxygen atoms in total. The second kappa shape index (κ2) is 8.86. The number of carbonyl (C=O) groups is 1. The van der Waals surface area contributed by atoms with Crippen molar-refractivity contribution in [3.05, 3.63) is 53.6 Å². The first-order chi connectivity index (χ1) is 13.9.